The van der Waals surface area contributed by atoms with Crippen LogP contribution in [0.5, 0.6) is 0 Å². The maximum absolute atomic E-state index is 12.7. The predicted molar refractivity (Wildman–Crippen MR) is 104 cm³/mol. The zero-order chi connectivity index (χ0) is 22.1. The zero-order valence-electron chi connectivity index (χ0n) is 16.9. The van der Waals surface area contributed by atoms with E-state index in [1.165, 1.54) is 19.4 Å². The molecule has 1 saturated heterocycles. The van der Waals surface area contributed by atoms with Gasteiger partial charge in [0.05, 0.1) is 31.3 Å². The molecular weight excluding hydrogens is 401 g/mol. The van der Waals surface area contributed by atoms with Crippen LogP contribution in [0, 0.1) is 11.3 Å². The summed E-state index contributed by atoms with van der Waals surface area (Å²) in [7, 11) is 1.34. The molecule has 1 aliphatic rings. The van der Waals surface area contributed by atoms with E-state index in [0.717, 1.165) is 32.4 Å². The molecule has 3 rings (SSSR count). The Labute approximate surface area is 172 Å². The third kappa shape index (κ3) is 6.78. The second-order valence-corrected chi connectivity index (χ2v) is 6.51. The van der Waals surface area contributed by atoms with E-state index >= 15 is 0 Å². The van der Waals surface area contributed by atoms with Crippen LogP contribution >= 0.6 is 0 Å². The fourth-order valence-corrected chi connectivity index (χ4v) is 2.53. The number of morpholine rings is 1. The molecule has 12 heteroatoms. The minimum absolute atomic E-state index is 0.0614. The predicted octanol–water partition coefficient (Wildman–Crippen LogP) is 2.67. The summed E-state index contributed by atoms with van der Waals surface area (Å²) in [5.41, 5.74) is -1.21. The van der Waals surface area contributed by atoms with Crippen LogP contribution in [0.25, 0.3) is 0 Å². The van der Waals surface area contributed by atoms with E-state index in [4.69, 9.17) is 10.00 Å². The van der Waals surface area contributed by atoms with E-state index in [1.807, 2.05) is 0 Å². The summed E-state index contributed by atoms with van der Waals surface area (Å²) in [5, 5.41) is 20.2. The molecule has 2 aromatic heterocycles. The third-order valence-electron chi connectivity index (χ3n) is 4.13. The van der Waals surface area contributed by atoms with Crippen LogP contribution in [0.4, 0.5) is 30.5 Å². The lowest BCUT2D eigenvalue weighted by Gasteiger charge is -2.29. The van der Waals surface area contributed by atoms with E-state index in [-0.39, 0.29) is 23.0 Å². The van der Waals surface area contributed by atoms with Gasteiger partial charge in [0, 0.05) is 32.2 Å². The molecule has 0 aromatic carbocycles. The highest BCUT2D eigenvalue weighted by Gasteiger charge is 2.36. The van der Waals surface area contributed by atoms with Crippen LogP contribution in [0.15, 0.2) is 18.5 Å². The number of halogens is 3. The van der Waals surface area contributed by atoms with Gasteiger partial charge in [-0.25, -0.2) is 9.97 Å². The molecule has 162 valence electrons. The van der Waals surface area contributed by atoms with Gasteiger partial charge in [0.1, 0.15) is 11.9 Å². The van der Waals surface area contributed by atoms with Crippen molar-refractivity contribution < 1.29 is 17.9 Å². The minimum Gasteiger partial charge on any atom is -0.386 e. The Morgan fingerprint density at radius 1 is 1.13 bits per heavy atom. The number of hydrogen-bond donors (Lipinski definition) is 2. The molecule has 0 amide bonds. The number of rotatable bonds is 4. The zero-order valence-corrected chi connectivity index (χ0v) is 16.9. The number of nitrogens with one attached hydrogen (secondary N) is 2. The first-order chi connectivity index (χ1) is 14.2. The molecule has 0 unspecified atom stereocenters. The lowest BCUT2D eigenvalue weighted by Crippen LogP contribution is -2.40. The minimum atomic E-state index is -4.60. The van der Waals surface area contributed by atoms with Crippen LogP contribution in [0.1, 0.15) is 25.2 Å². The highest BCUT2D eigenvalue weighted by molar-refractivity contribution is 5.59. The van der Waals surface area contributed by atoms with Gasteiger partial charge >= 0.3 is 6.18 Å². The van der Waals surface area contributed by atoms with Gasteiger partial charge in [0.25, 0.3) is 0 Å². The molecule has 0 radical (unpaired) electrons. The summed E-state index contributed by atoms with van der Waals surface area (Å²) in [6.45, 7) is 8.50. The molecule has 30 heavy (non-hydrogen) atoms. The molecule has 0 spiro atoms. The van der Waals surface area contributed by atoms with Crippen molar-refractivity contribution in [2.75, 3.05) is 44.0 Å². The maximum atomic E-state index is 12.7. The number of nitrogens with zero attached hydrogens (tertiary/aromatic N) is 6. The Kier molecular flexibility index (Phi) is 8.25. The van der Waals surface area contributed by atoms with E-state index in [9.17, 15) is 13.2 Å². The molecular formula is C18H23F3N8O. The van der Waals surface area contributed by atoms with Gasteiger partial charge in [-0.05, 0) is 13.8 Å². The summed E-state index contributed by atoms with van der Waals surface area (Å²) in [4.78, 5) is 10.1. The number of aromatic nitrogens is 4. The number of nitriles is 1. The number of ether oxygens (including phenoxy) is 1. The van der Waals surface area contributed by atoms with Crippen molar-refractivity contribution in [3.05, 3.63) is 29.8 Å². The van der Waals surface area contributed by atoms with Crippen molar-refractivity contribution in [3.8, 4) is 6.07 Å². The van der Waals surface area contributed by atoms with Gasteiger partial charge in [-0.3, -0.25) is 4.90 Å². The molecule has 0 aliphatic carbocycles. The molecule has 2 N–H and O–H groups in total. The van der Waals surface area contributed by atoms with E-state index in [2.05, 4.69) is 49.5 Å². The van der Waals surface area contributed by atoms with Crippen molar-refractivity contribution >= 4 is 17.3 Å². The largest absolute Gasteiger partial charge is 0.437 e. The third-order valence-corrected chi connectivity index (χ3v) is 4.13. The van der Waals surface area contributed by atoms with Crippen molar-refractivity contribution in [3.63, 3.8) is 0 Å². The monoisotopic (exact) mass is 424 g/mol. The Hall–Kier alpha value is -3.04. The van der Waals surface area contributed by atoms with E-state index in [1.54, 1.807) is 6.07 Å². The van der Waals surface area contributed by atoms with Crippen LogP contribution in [-0.4, -0.2) is 64.5 Å². The second-order valence-electron chi connectivity index (χ2n) is 6.51. The summed E-state index contributed by atoms with van der Waals surface area (Å²) < 4.78 is 43.2. The Morgan fingerprint density at radius 3 is 2.30 bits per heavy atom. The maximum Gasteiger partial charge on any atom is 0.437 e. The van der Waals surface area contributed by atoms with Gasteiger partial charge in [0.2, 0.25) is 0 Å². The Morgan fingerprint density at radius 2 is 1.83 bits per heavy atom. The van der Waals surface area contributed by atoms with Crippen molar-refractivity contribution in [2.45, 2.75) is 26.1 Å². The quantitative estimate of drug-likeness (QED) is 0.765. The first kappa shape index (κ1) is 23.2. The Bertz CT molecular complexity index is 846. The molecule has 0 bridgehead atoms. The van der Waals surface area contributed by atoms with Crippen molar-refractivity contribution in [2.24, 2.45) is 0 Å². The first-order valence-corrected chi connectivity index (χ1v) is 9.18. The van der Waals surface area contributed by atoms with Gasteiger partial charge in [-0.15, -0.1) is 10.2 Å². The first-order valence-electron chi connectivity index (χ1n) is 9.18. The average Bonchev–Trinajstić information content (AvgIpc) is 2.74. The topological polar surface area (TPSA) is 112 Å². The van der Waals surface area contributed by atoms with E-state index in [0.29, 0.717) is 6.04 Å². The molecule has 2 aromatic rings. The van der Waals surface area contributed by atoms with Crippen LogP contribution < -0.4 is 10.6 Å². The van der Waals surface area contributed by atoms with Gasteiger partial charge < -0.3 is 15.4 Å². The van der Waals surface area contributed by atoms with E-state index < -0.39 is 11.9 Å². The van der Waals surface area contributed by atoms with Crippen molar-refractivity contribution in [1.82, 2.24) is 25.1 Å². The van der Waals surface area contributed by atoms with Crippen LogP contribution in [0.3, 0.4) is 0 Å². The fourth-order valence-electron chi connectivity index (χ4n) is 2.53. The molecule has 0 atom stereocenters. The molecule has 0 saturated carbocycles. The standard InChI is InChI=1S/C11H8F3N7.C7H15NO/c1-16-7-2-8(20-21-10(7)11(12,13)14)19-9-5-17-6(3-15)4-18-9;1-7(2)8-3-5-9-6-4-8/h2,4-5H,1H3,(H2,16,18,19,20);7H,3-6H2,1-2H3. The van der Waals surface area contributed by atoms with Gasteiger partial charge in [-0.2, -0.15) is 18.4 Å². The number of hydrogen-bond acceptors (Lipinski definition) is 9. The number of alkyl halides is 3. The normalized spacial score (nSPS) is 14.5. The average molecular weight is 424 g/mol. The fraction of sp³-hybridized carbons (Fsp3) is 0.500. The number of anilines is 3. The van der Waals surface area contributed by atoms with Gasteiger partial charge in [-0.1, -0.05) is 0 Å². The summed E-state index contributed by atoms with van der Waals surface area (Å²) >= 11 is 0. The second kappa shape index (κ2) is 10.7. The smallest absolute Gasteiger partial charge is 0.386 e. The lowest BCUT2D eigenvalue weighted by molar-refractivity contribution is -0.141. The van der Waals surface area contributed by atoms with Crippen LogP contribution in [0.2, 0.25) is 0 Å². The van der Waals surface area contributed by atoms with Gasteiger partial charge in [0.15, 0.2) is 17.2 Å². The highest BCUT2D eigenvalue weighted by Crippen LogP contribution is 2.33. The Balaban J connectivity index is 0.000000297. The SMILES string of the molecule is CC(C)N1CCOCC1.CNc1cc(Nc2cnc(C#N)cn2)nnc1C(F)(F)F. The molecule has 1 fully saturated rings. The highest BCUT2D eigenvalue weighted by atomic mass is 19.4. The molecule has 1 aliphatic heterocycles. The van der Waals surface area contributed by atoms with Crippen LogP contribution in [-0.2, 0) is 10.9 Å². The molecule has 3 heterocycles. The lowest BCUT2D eigenvalue weighted by atomic mass is 10.3. The summed E-state index contributed by atoms with van der Waals surface area (Å²) in [6.07, 6.45) is -2.12. The van der Waals surface area contributed by atoms with Crippen molar-refractivity contribution in [1.29, 1.82) is 5.26 Å². The summed E-state index contributed by atoms with van der Waals surface area (Å²) in [6, 6.07) is 3.63. The molecule has 9 nitrogen and oxygen atoms in total. The summed E-state index contributed by atoms with van der Waals surface area (Å²) in [5.74, 6) is 0.288.